The van der Waals surface area contributed by atoms with E-state index in [1.54, 1.807) is 4.57 Å². The minimum Gasteiger partial charge on any atom is -0.352 e. The molecule has 1 fully saturated rings. The molecule has 1 amide bonds. The zero-order valence-corrected chi connectivity index (χ0v) is 15.8. The molecule has 1 aliphatic rings. The number of carbonyl (C=O) groups excluding carboxylic acids is 1. The van der Waals surface area contributed by atoms with Gasteiger partial charge in [-0.05, 0) is 44.2 Å². The molecule has 2 aromatic rings. The van der Waals surface area contributed by atoms with Crippen LogP contribution in [-0.4, -0.2) is 26.8 Å². The molecule has 0 unspecified atom stereocenters. The Morgan fingerprint density at radius 1 is 1.32 bits per heavy atom. The molecule has 1 aliphatic carbocycles. The molecule has 1 aromatic carbocycles. The molecule has 0 spiro atoms. The van der Waals surface area contributed by atoms with Crippen LogP contribution in [0.1, 0.15) is 40.0 Å². The lowest BCUT2D eigenvalue weighted by molar-refractivity contribution is -0.120. The normalized spacial score (nSPS) is 15.5. The predicted octanol–water partition coefficient (Wildman–Crippen LogP) is 3.20. The summed E-state index contributed by atoms with van der Waals surface area (Å²) in [5.41, 5.74) is 0.661. The van der Waals surface area contributed by atoms with Gasteiger partial charge in [0.15, 0.2) is 5.16 Å². The summed E-state index contributed by atoms with van der Waals surface area (Å²) in [6.07, 6.45) is 3.03. The highest BCUT2D eigenvalue weighted by atomic mass is 32.2. The van der Waals surface area contributed by atoms with E-state index in [2.05, 4.69) is 24.1 Å². The molecule has 0 radical (unpaired) electrons. The fraction of sp³-hybridized carbons (Fsp3) is 0.526. The van der Waals surface area contributed by atoms with Gasteiger partial charge in [0, 0.05) is 12.6 Å². The van der Waals surface area contributed by atoms with Crippen LogP contribution >= 0.6 is 11.8 Å². The van der Waals surface area contributed by atoms with Crippen molar-refractivity contribution < 1.29 is 4.79 Å². The number of hydrogen-bond donors (Lipinski definition) is 1. The van der Waals surface area contributed by atoms with Crippen molar-refractivity contribution in [1.82, 2.24) is 14.9 Å². The van der Waals surface area contributed by atoms with Gasteiger partial charge in [0.2, 0.25) is 5.91 Å². The van der Waals surface area contributed by atoms with Gasteiger partial charge in [-0.2, -0.15) is 0 Å². The van der Waals surface area contributed by atoms with E-state index >= 15 is 0 Å². The van der Waals surface area contributed by atoms with Gasteiger partial charge in [0.05, 0.1) is 16.2 Å². The predicted molar refractivity (Wildman–Crippen MR) is 102 cm³/mol. The van der Waals surface area contributed by atoms with Crippen molar-refractivity contribution >= 4 is 28.6 Å². The third-order valence-corrected chi connectivity index (χ3v) is 5.42. The molecule has 6 heteroatoms. The molecular weight excluding hydrogens is 334 g/mol. The molecule has 1 saturated carbocycles. The number of hydrogen-bond acceptors (Lipinski definition) is 4. The van der Waals surface area contributed by atoms with Crippen LogP contribution in [0.25, 0.3) is 10.9 Å². The Morgan fingerprint density at radius 2 is 2.04 bits per heavy atom. The summed E-state index contributed by atoms with van der Waals surface area (Å²) in [4.78, 5) is 29.9. The van der Waals surface area contributed by atoms with E-state index < -0.39 is 0 Å². The number of fused-ring (bicyclic) bond motifs is 1. The standard InChI is InChI=1S/C19H25N3O2S/c1-12(2)10-11-22-18(24)15-6-4-5-7-16(15)21-19(22)25-13(3)17(23)20-14-8-9-14/h4-7,12-14H,8-11H2,1-3H3,(H,20,23)/t13-/m1/s1. The summed E-state index contributed by atoms with van der Waals surface area (Å²) < 4.78 is 1.73. The highest BCUT2D eigenvalue weighted by Crippen LogP contribution is 2.25. The molecule has 0 bridgehead atoms. The largest absolute Gasteiger partial charge is 0.352 e. The number of benzene rings is 1. The van der Waals surface area contributed by atoms with Crippen LogP contribution in [0.2, 0.25) is 0 Å². The Hall–Kier alpha value is -1.82. The van der Waals surface area contributed by atoms with E-state index in [1.165, 1.54) is 11.8 Å². The Labute approximate surface area is 152 Å². The first-order valence-corrected chi connectivity index (χ1v) is 9.80. The van der Waals surface area contributed by atoms with Gasteiger partial charge < -0.3 is 5.32 Å². The van der Waals surface area contributed by atoms with E-state index in [-0.39, 0.29) is 16.7 Å². The summed E-state index contributed by atoms with van der Waals surface area (Å²) >= 11 is 1.37. The summed E-state index contributed by atoms with van der Waals surface area (Å²) in [6.45, 7) is 6.76. The minimum atomic E-state index is -0.279. The number of rotatable bonds is 7. The van der Waals surface area contributed by atoms with Crippen LogP contribution in [0, 0.1) is 5.92 Å². The quantitative estimate of drug-likeness (QED) is 0.609. The third kappa shape index (κ3) is 4.42. The molecule has 25 heavy (non-hydrogen) atoms. The Bertz CT molecular complexity index is 827. The van der Waals surface area contributed by atoms with E-state index in [0.717, 1.165) is 19.3 Å². The summed E-state index contributed by atoms with van der Waals surface area (Å²) in [5.74, 6) is 0.511. The molecule has 134 valence electrons. The summed E-state index contributed by atoms with van der Waals surface area (Å²) in [7, 11) is 0. The maximum absolute atomic E-state index is 12.9. The monoisotopic (exact) mass is 359 g/mol. The molecule has 5 nitrogen and oxygen atoms in total. The van der Waals surface area contributed by atoms with Crippen LogP contribution in [0.15, 0.2) is 34.2 Å². The highest BCUT2D eigenvalue weighted by Gasteiger charge is 2.27. The molecule has 3 rings (SSSR count). The number of amides is 1. The van der Waals surface area contributed by atoms with Crippen molar-refractivity contribution in [3.63, 3.8) is 0 Å². The van der Waals surface area contributed by atoms with Gasteiger partial charge in [-0.3, -0.25) is 14.2 Å². The maximum Gasteiger partial charge on any atom is 0.262 e. The van der Waals surface area contributed by atoms with Crippen molar-refractivity contribution in [3.8, 4) is 0 Å². The van der Waals surface area contributed by atoms with Crippen LogP contribution in [0.4, 0.5) is 0 Å². The van der Waals surface area contributed by atoms with Crippen LogP contribution in [0.5, 0.6) is 0 Å². The molecular formula is C19H25N3O2S. The van der Waals surface area contributed by atoms with Crippen molar-refractivity contribution in [2.45, 2.75) is 63.0 Å². The fourth-order valence-corrected chi connectivity index (χ4v) is 3.52. The summed E-state index contributed by atoms with van der Waals surface area (Å²) in [5, 5.41) is 4.00. The topological polar surface area (TPSA) is 64.0 Å². The third-order valence-electron chi connectivity index (χ3n) is 4.33. The highest BCUT2D eigenvalue weighted by molar-refractivity contribution is 8.00. The number of nitrogens with zero attached hydrogens (tertiary/aromatic N) is 2. The number of nitrogens with one attached hydrogen (secondary N) is 1. The Balaban J connectivity index is 1.91. The van der Waals surface area contributed by atoms with Crippen molar-refractivity contribution in [1.29, 1.82) is 0 Å². The van der Waals surface area contributed by atoms with E-state index in [0.29, 0.717) is 34.6 Å². The van der Waals surface area contributed by atoms with Crippen LogP contribution < -0.4 is 10.9 Å². The lowest BCUT2D eigenvalue weighted by atomic mass is 10.1. The maximum atomic E-state index is 12.9. The second kappa shape index (κ2) is 7.60. The molecule has 0 saturated heterocycles. The molecule has 1 atom stereocenters. The molecule has 1 heterocycles. The summed E-state index contributed by atoms with van der Waals surface area (Å²) in [6, 6.07) is 7.74. The average Bonchev–Trinajstić information content (AvgIpc) is 3.38. The van der Waals surface area contributed by atoms with E-state index in [1.807, 2.05) is 31.2 Å². The van der Waals surface area contributed by atoms with Crippen molar-refractivity contribution in [3.05, 3.63) is 34.6 Å². The lowest BCUT2D eigenvalue weighted by Gasteiger charge is -2.17. The van der Waals surface area contributed by atoms with Gasteiger partial charge in [-0.15, -0.1) is 0 Å². The first-order chi connectivity index (χ1) is 12.0. The Kier molecular flexibility index (Phi) is 5.47. The second-order valence-electron chi connectivity index (χ2n) is 7.09. The SMILES string of the molecule is CC(C)CCn1c(S[C@H](C)C(=O)NC2CC2)nc2ccccc2c1=O. The zero-order valence-electron chi connectivity index (χ0n) is 15.0. The van der Waals surface area contributed by atoms with Gasteiger partial charge >= 0.3 is 0 Å². The van der Waals surface area contributed by atoms with Gasteiger partial charge in [-0.1, -0.05) is 37.7 Å². The average molecular weight is 359 g/mol. The lowest BCUT2D eigenvalue weighted by Crippen LogP contribution is -2.33. The Morgan fingerprint density at radius 3 is 2.72 bits per heavy atom. The fourth-order valence-electron chi connectivity index (χ4n) is 2.58. The first kappa shape index (κ1) is 18.0. The smallest absolute Gasteiger partial charge is 0.262 e. The molecule has 0 aliphatic heterocycles. The van der Waals surface area contributed by atoms with E-state index in [4.69, 9.17) is 0 Å². The van der Waals surface area contributed by atoms with Gasteiger partial charge in [0.1, 0.15) is 0 Å². The van der Waals surface area contributed by atoms with Gasteiger partial charge in [0.25, 0.3) is 5.56 Å². The number of para-hydroxylation sites is 1. The number of thioether (sulfide) groups is 1. The van der Waals surface area contributed by atoms with Gasteiger partial charge in [-0.25, -0.2) is 4.98 Å². The first-order valence-electron chi connectivity index (χ1n) is 8.92. The van der Waals surface area contributed by atoms with Crippen LogP contribution in [0.3, 0.4) is 0 Å². The number of carbonyl (C=O) groups is 1. The molecule has 1 N–H and O–H groups in total. The second-order valence-corrected chi connectivity index (χ2v) is 8.40. The van der Waals surface area contributed by atoms with Crippen molar-refractivity contribution in [2.24, 2.45) is 5.92 Å². The number of aromatic nitrogens is 2. The van der Waals surface area contributed by atoms with Crippen LogP contribution in [-0.2, 0) is 11.3 Å². The van der Waals surface area contributed by atoms with Crippen molar-refractivity contribution in [2.75, 3.05) is 0 Å². The zero-order chi connectivity index (χ0) is 18.0. The van der Waals surface area contributed by atoms with E-state index in [9.17, 15) is 9.59 Å². The minimum absolute atomic E-state index is 0.0188. The molecule has 1 aromatic heterocycles.